The van der Waals surface area contributed by atoms with E-state index >= 15 is 0 Å². The maximum atomic E-state index is 10.5. The maximum Gasteiger partial charge on any atom is 0.323 e. The zero-order chi connectivity index (χ0) is 7.07. The zero-order valence-electron chi connectivity index (χ0n) is 5.72. The van der Waals surface area contributed by atoms with Crippen molar-refractivity contribution in [3.63, 3.8) is 0 Å². The van der Waals surface area contributed by atoms with E-state index in [0.29, 0.717) is 0 Å². The molecule has 1 atom stereocenters. The Kier molecular flexibility index (Phi) is 1.24. The Morgan fingerprint density at radius 3 is 2.33 bits per heavy atom. The van der Waals surface area contributed by atoms with Crippen molar-refractivity contribution in [1.82, 2.24) is 4.90 Å². The fraction of sp³-hybridized carbons (Fsp3) is 0.833. The first kappa shape index (κ1) is 6.55. The van der Waals surface area contributed by atoms with Crippen molar-refractivity contribution in [3.8, 4) is 0 Å². The second-order valence-corrected chi connectivity index (χ2v) is 2.75. The minimum atomic E-state index is -0.712. The highest BCUT2D eigenvalue weighted by molar-refractivity contribution is 5.79. The number of nitrogens with zero attached hydrogens (tertiary/aromatic N) is 1. The zero-order valence-corrected chi connectivity index (χ0v) is 5.72. The molecule has 9 heavy (non-hydrogen) atoms. The van der Waals surface area contributed by atoms with E-state index < -0.39 is 11.5 Å². The second kappa shape index (κ2) is 1.70. The number of hydrogen-bond acceptors (Lipinski definition) is 2. The first-order valence-electron chi connectivity index (χ1n) is 3.02. The minimum absolute atomic E-state index is 0.569. The van der Waals surface area contributed by atoms with E-state index in [0.717, 1.165) is 13.0 Å². The normalized spacial score (nSPS) is 35.8. The Morgan fingerprint density at radius 2 is 2.33 bits per heavy atom. The van der Waals surface area contributed by atoms with Crippen LogP contribution in [0.4, 0.5) is 0 Å². The molecule has 1 unspecified atom stereocenters. The average molecular weight is 129 g/mol. The SMILES string of the molecule is CN1CCC1(C)C(=O)O. The maximum absolute atomic E-state index is 10.5. The summed E-state index contributed by atoms with van der Waals surface area (Å²) in [4.78, 5) is 12.3. The molecule has 1 aliphatic rings. The third-order valence-electron chi connectivity index (χ3n) is 2.24. The van der Waals surface area contributed by atoms with Gasteiger partial charge in [0.15, 0.2) is 0 Å². The number of hydrogen-bond donors (Lipinski definition) is 1. The lowest BCUT2D eigenvalue weighted by molar-refractivity contribution is -0.157. The summed E-state index contributed by atoms with van der Waals surface area (Å²) in [6, 6.07) is 0. The molecule has 0 spiro atoms. The van der Waals surface area contributed by atoms with E-state index in [1.54, 1.807) is 6.92 Å². The summed E-state index contributed by atoms with van der Waals surface area (Å²) in [5, 5.41) is 8.62. The van der Waals surface area contributed by atoms with Crippen molar-refractivity contribution in [3.05, 3.63) is 0 Å². The van der Waals surface area contributed by atoms with Gasteiger partial charge in [-0.2, -0.15) is 0 Å². The highest BCUT2D eigenvalue weighted by Gasteiger charge is 2.44. The van der Waals surface area contributed by atoms with Gasteiger partial charge in [0.2, 0.25) is 0 Å². The van der Waals surface area contributed by atoms with E-state index in [2.05, 4.69) is 0 Å². The highest BCUT2D eigenvalue weighted by Crippen LogP contribution is 2.27. The van der Waals surface area contributed by atoms with Gasteiger partial charge in [0, 0.05) is 6.54 Å². The summed E-state index contributed by atoms with van der Waals surface area (Å²) < 4.78 is 0. The summed E-state index contributed by atoms with van der Waals surface area (Å²) >= 11 is 0. The number of rotatable bonds is 1. The Hall–Kier alpha value is -0.570. The van der Waals surface area contributed by atoms with E-state index in [-0.39, 0.29) is 0 Å². The van der Waals surface area contributed by atoms with Crippen LogP contribution in [0, 0.1) is 0 Å². The summed E-state index contributed by atoms with van der Waals surface area (Å²) in [5.74, 6) is -0.712. The van der Waals surface area contributed by atoms with Crippen molar-refractivity contribution in [2.24, 2.45) is 0 Å². The molecule has 0 radical (unpaired) electrons. The molecule has 3 heteroatoms. The van der Waals surface area contributed by atoms with Crippen LogP contribution in [0.1, 0.15) is 13.3 Å². The van der Waals surface area contributed by atoms with Gasteiger partial charge in [-0.15, -0.1) is 0 Å². The van der Waals surface area contributed by atoms with Gasteiger partial charge in [-0.1, -0.05) is 0 Å². The summed E-state index contributed by atoms with van der Waals surface area (Å²) in [5.41, 5.74) is -0.569. The number of aliphatic carboxylic acids is 1. The number of likely N-dealkylation sites (tertiary alicyclic amines) is 1. The molecular weight excluding hydrogens is 118 g/mol. The van der Waals surface area contributed by atoms with Gasteiger partial charge in [-0.3, -0.25) is 9.69 Å². The third kappa shape index (κ3) is 0.721. The fourth-order valence-corrected chi connectivity index (χ4v) is 0.941. The van der Waals surface area contributed by atoms with Crippen LogP contribution in [0.3, 0.4) is 0 Å². The molecular formula is C6H11NO2. The van der Waals surface area contributed by atoms with Crippen LogP contribution in [0.2, 0.25) is 0 Å². The van der Waals surface area contributed by atoms with Crippen LogP contribution in [0.15, 0.2) is 0 Å². The average Bonchev–Trinajstić information content (AvgIpc) is 1.82. The van der Waals surface area contributed by atoms with Crippen LogP contribution in [0.25, 0.3) is 0 Å². The predicted molar refractivity (Wildman–Crippen MR) is 33.3 cm³/mol. The first-order chi connectivity index (χ1) is 4.07. The van der Waals surface area contributed by atoms with Gasteiger partial charge in [0.05, 0.1) is 0 Å². The third-order valence-corrected chi connectivity index (χ3v) is 2.24. The topological polar surface area (TPSA) is 40.5 Å². The lowest BCUT2D eigenvalue weighted by Crippen LogP contribution is -2.60. The largest absolute Gasteiger partial charge is 0.480 e. The Bertz CT molecular complexity index is 146. The minimum Gasteiger partial charge on any atom is -0.480 e. The molecule has 1 fully saturated rings. The first-order valence-corrected chi connectivity index (χ1v) is 3.02. The molecule has 1 aliphatic heterocycles. The molecule has 1 N–H and O–H groups in total. The molecule has 1 rings (SSSR count). The molecule has 0 saturated carbocycles. The molecule has 0 amide bonds. The molecule has 1 saturated heterocycles. The lowest BCUT2D eigenvalue weighted by atomic mass is 9.88. The van der Waals surface area contributed by atoms with E-state index in [9.17, 15) is 4.79 Å². The standard InChI is InChI=1S/C6H11NO2/c1-6(5(8)9)3-4-7(6)2/h3-4H2,1-2H3,(H,8,9). The van der Waals surface area contributed by atoms with Crippen molar-refractivity contribution < 1.29 is 9.90 Å². The van der Waals surface area contributed by atoms with Crippen LogP contribution in [-0.4, -0.2) is 35.1 Å². The van der Waals surface area contributed by atoms with Crippen molar-refractivity contribution in [2.45, 2.75) is 18.9 Å². The molecule has 52 valence electrons. The van der Waals surface area contributed by atoms with Crippen LogP contribution in [-0.2, 0) is 4.79 Å². The number of carbonyl (C=O) groups is 1. The summed E-state index contributed by atoms with van der Waals surface area (Å²) in [6.45, 7) is 2.65. The van der Waals surface area contributed by atoms with E-state index in [1.807, 2.05) is 11.9 Å². The number of carboxylic acid groups (broad SMARTS) is 1. The Morgan fingerprint density at radius 1 is 1.78 bits per heavy atom. The number of likely N-dealkylation sites (N-methyl/N-ethyl adjacent to an activating group) is 1. The van der Waals surface area contributed by atoms with Gasteiger partial charge in [-0.25, -0.2) is 0 Å². The monoisotopic (exact) mass is 129 g/mol. The molecule has 0 aliphatic carbocycles. The Balaban J connectivity index is 2.64. The van der Waals surface area contributed by atoms with E-state index in [1.165, 1.54) is 0 Å². The lowest BCUT2D eigenvalue weighted by Gasteiger charge is -2.44. The number of carboxylic acids is 1. The predicted octanol–water partition coefficient (Wildman–Crippen LogP) is 0.165. The van der Waals surface area contributed by atoms with Crippen molar-refractivity contribution >= 4 is 5.97 Å². The van der Waals surface area contributed by atoms with E-state index in [4.69, 9.17) is 5.11 Å². The fourth-order valence-electron chi connectivity index (χ4n) is 0.941. The van der Waals surface area contributed by atoms with Gasteiger partial charge < -0.3 is 5.11 Å². The smallest absolute Gasteiger partial charge is 0.323 e. The molecule has 1 heterocycles. The Labute approximate surface area is 54.3 Å². The molecule has 0 aromatic carbocycles. The summed E-state index contributed by atoms with van der Waals surface area (Å²) in [7, 11) is 1.83. The molecule has 0 aromatic heterocycles. The van der Waals surface area contributed by atoms with Crippen LogP contribution >= 0.6 is 0 Å². The van der Waals surface area contributed by atoms with Crippen molar-refractivity contribution in [1.29, 1.82) is 0 Å². The van der Waals surface area contributed by atoms with Crippen molar-refractivity contribution in [2.75, 3.05) is 13.6 Å². The van der Waals surface area contributed by atoms with Gasteiger partial charge >= 0.3 is 5.97 Å². The van der Waals surface area contributed by atoms with Gasteiger partial charge in [0.25, 0.3) is 0 Å². The van der Waals surface area contributed by atoms with Crippen LogP contribution in [0.5, 0.6) is 0 Å². The van der Waals surface area contributed by atoms with Gasteiger partial charge in [-0.05, 0) is 20.4 Å². The second-order valence-electron chi connectivity index (χ2n) is 2.75. The van der Waals surface area contributed by atoms with Crippen LogP contribution < -0.4 is 0 Å². The molecule has 3 nitrogen and oxygen atoms in total. The molecule has 0 bridgehead atoms. The summed E-state index contributed by atoms with van der Waals surface area (Å²) in [6.07, 6.45) is 0.777. The quantitative estimate of drug-likeness (QED) is 0.548. The van der Waals surface area contributed by atoms with Gasteiger partial charge in [0.1, 0.15) is 5.54 Å². The molecule has 0 aromatic rings. The highest BCUT2D eigenvalue weighted by atomic mass is 16.4.